The number of amides is 2. The molecule has 34 heavy (non-hydrogen) atoms. The summed E-state index contributed by atoms with van der Waals surface area (Å²) in [6.07, 6.45) is 0.690. The quantitative estimate of drug-likeness (QED) is 0.394. The van der Waals surface area contributed by atoms with E-state index in [4.69, 9.17) is 16.3 Å². The number of hydrogen-bond donors (Lipinski definition) is 0. The van der Waals surface area contributed by atoms with Crippen molar-refractivity contribution in [3.8, 4) is 0 Å². The Hall–Kier alpha value is -3.44. The highest BCUT2D eigenvalue weighted by Gasteiger charge is 2.67. The lowest BCUT2D eigenvalue weighted by Gasteiger charge is -2.54. The van der Waals surface area contributed by atoms with E-state index < -0.39 is 23.2 Å². The molecule has 3 aromatic carbocycles. The van der Waals surface area contributed by atoms with Crippen molar-refractivity contribution in [2.45, 2.75) is 24.7 Å². The number of methoxy groups -OCH3 is 1. The van der Waals surface area contributed by atoms with E-state index in [1.54, 1.807) is 6.07 Å². The van der Waals surface area contributed by atoms with Crippen molar-refractivity contribution in [3.05, 3.63) is 99.6 Å². The first-order valence-electron chi connectivity index (χ1n) is 11.4. The summed E-state index contributed by atoms with van der Waals surface area (Å²) in [7, 11) is 1.27. The minimum absolute atomic E-state index is 0.122. The molecule has 1 fully saturated rings. The van der Waals surface area contributed by atoms with Gasteiger partial charge >= 0.3 is 5.97 Å². The summed E-state index contributed by atoms with van der Waals surface area (Å²) >= 11 is 6.20. The molecule has 3 aromatic rings. The Bertz CT molecular complexity index is 1350. The van der Waals surface area contributed by atoms with Crippen molar-refractivity contribution >= 4 is 35.1 Å². The molecule has 1 heterocycles. The third-order valence-electron chi connectivity index (χ3n) is 7.97. The number of benzene rings is 3. The Labute approximate surface area is 202 Å². The average molecular weight is 472 g/mol. The van der Waals surface area contributed by atoms with Crippen molar-refractivity contribution in [2.75, 3.05) is 12.0 Å². The summed E-state index contributed by atoms with van der Waals surface area (Å²) in [4.78, 5) is 41.6. The molecule has 6 heteroatoms. The van der Waals surface area contributed by atoms with Crippen LogP contribution in [0.1, 0.15) is 51.9 Å². The molecule has 2 amide bonds. The van der Waals surface area contributed by atoms with Crippen LogP contribution in [-0.4, -0.2) is 24.9 Å². The number of nitrogens with zero attached hydrogens (tertiary/aromatic N) is 1. The van der Waals surface area contributed by atoms with E-state index >= 15 is 0 Å². The molecule has 4 aliphatic rings. The molecule has 0 spiro atoms. The molecule has 2 atom stereocenters. The molecule has 170 valence electrons. The van der Waals surface area contributed by atoms with E-state index in [1.165, 1.54) is 24.1 Å². The zero-order chi connectivity index (χ0) is 23.8. The number of carbonyl (C=O) groups is 3. The topological polar surface area (TPSA) is 63.7 Å². The van der Waals surface area contributed by atoms with E-state index in [1.807, 2.05) is 24.3 Å². The van der Waals surface area contributed by atoms with Crippen molar-refractivity contribution in [2.24, 2.45) is 11.8 Å². The Balaban J connectivity index is 1.58. The first-order valence-corrected chi connectivity index (χ1v) is 11.8. The maximum atomic E-state index is 14.1. The van der Waals surface area contributed by atoms with E-state index in [-0.39, 0.29) is 28.3 Å². The Morgan fingerprint density at radius 2 is 1.59 bits per heavy atom. The third kappa shape index (κ3) is 2.43. The van der Waals surface area contributed by atoms with Gasteiger partial charge in [-0.2, -0.15) is 0 Å². The second-order valence-electron chi connectivity index (χ2n) is 9.15. The smallest absolute Gasteiger partial charge is 0.339 e. The molecule has 0 saturated carbocycles. The van der Waals surface area contributed by atoms with Crippen molar-refractivity contribution in [1.82, 2.24) is 0 Å². The van der Waals surface area contributed by atoms with Crippen LogP contribution in [0.15, 0.2) is 66.7 Å². The number of carbonyl (C=O) groups excluding carboxylic acids is 3. The van der Waals surface area contributed by atoms with Crippen molar-refractivity contribution < 1.29 is 19.1 Å². The fraction of sp³-hybridized carbons (Fsp3) is 0.250. The Morgan fingerprint density at radius 3 is 2.18 bits per heavy atom. The van der Waals surface area contributed by atoms with Gasteiger partial charge in [0.2, 0.25) is 11.8 Å². The number of anilines is 1. The lowest BCUT2D eigenvalue weighted by Crippen LogP contribution is -2.53. The summed E-state index contributed by atoms with van der Waals surface area (Å²) in [5.74, 6) is -2.30. The molecule has 0 radical (unpaired) electrons. The standard InChI is InChI=1S/C28H22ClNO4/c1-3-28-19-10-6-4-8-16(19)22(17-9-5-7-11-20(17)28)23-24(28)26(32)30(25(23)31)15-12-13-21(29)18(14-15)27(33)34-2/h4-14,22-24H,3H2,1-2H3/t22?,23-,24-,28?/m1/s1. The van der Waals surface area contributed by atoms with Gasteiger partial charge in [-0.05, 0) is 46.9 Å². The van der Waals surface area contributed by atoms with Crippen LogP contribution >= 0.6 is 11.6 Å². The van der Waals surface area contributed by atoms with Gasteiger partial charge in [0.15, 0.2) is 0 Å². The molecule has 2 bridgehead atoms. The largest absolute Gasteiger partial charge is 0.465 e. The van der Waals surface area contributed by atoms with Gasteiger partial charge < -0.3 is 4.74 Å². The normalized spacial score (nSPS) is 26.2. The highest BCUT2D eigenvalue weighted by atomic mass is 35.5. The van der Waals surface area contributed by atoms with Crippen LogP contribution in [0.25, 0.3) is 0 Å². The van der Waals surface area contributed by atoms with Crippen molar-refractivity contribution in [1.29, 1.82) is 0 Å². The molecule has 0 aromatic heterocycles. The van der Waals surface area contributed by atoms with E-state index in [0.717, 1.165) is 22.3 Å². The van der Waals surface area contributed by atoms with Gasteiger partial charge in [-0.25, -0.2) is 9.69 Å². The predicted octanol–water partition coefficient (Wildman–Crippen LogP) is 5.09. The number of esters is 1. The van der Waals surface area contributed by atoms with Gasteiger partial charge in [0, 0.05) is 11.3 Å². The van der Waals surface area contributed by atoms with Crippen molar-refractivity contribution in [3.63, 3.8) is 0 Å². The summed E-state index contributed by atoms with van der Waals surface area (Å²) in [5.41, 5.74) is 4.39. The summed E-state index contributed by atoms with van der Waals surface area (Å²) in [5, 5.41) is 0.206. The first kappa shape index (κ1) is 21.1. The van der Waals surface area contributed by atoms with Crippen LogP contribution in [0.4, 0.5) is 5.69 Å². The maximum absolute atomic E-state index is 14.1. The number of hydrogen-bond acceptors (Lipinski definition) is 4. The number of imide groups is 1. The van der Waals surface area contributed by atoms with Gasteiger partial charge in [-0.3, -0.25) is 9.59 Å². The minimum atomic E-state index is -0.617. The van der Waals surface area contributed by atoms with Gasteiger partial charge in [-0.1, -0.05) is 67.1 Å². The van der Waals surface area contributed by atoms with E-state index in [9.17, 15) is 14.4 Å². The summed E-state index contributed by atoms with van der Waals surface area (Å²) < 4.78 is 4.83. The fourth-order valence-electron chi connectivity index (χ4n) is 6.70. The Kier molecular flexibility index (Phi) is 4.52. The molecular formula is C28H22ClNO4. The van der Waals surface area contributed by atoms with Gasteiger partial charge in [0.1, 0.15) is 0 Å². The average Bonchev–Trinajstić information content (AvgIpc) is 3.14. The monoisotopic (exact) mass is 471 g/mol. The fourth-order valence-corrected chi connectivity index (χ4v) is 6.90. The Morgan fingerprint density at radius 1 is 0.971 bits per heavy atom. The van der Waals surface area contributed by atoms with Crippen LogP contribution in [0.5, 0.6) is 0 Å². The lowest BCUT2D eigenvalue weighted by molar-refractivity contribution is -0.123. The zero-order valence-electron chi connectivity index (χ0n) is 18.7. The van der Waals surface area contributed by atoms with Gasteiger partial charge in [0.05, 0.1) is 35.2 Å². The lowest BCUT2D eigenvalue weighted by atomic mass is 9.46. The second-order valence-corrected chi connectivity index (χ2v) is 9.56. The summed E-state index contributed by atoms with van der Waals surface area (Å²) in [6.45, 7) is 2.09. The van der Waals surface area contributed by atoms with Gasteiger partial charge in [0.25, 0.3) is 0 Å². The minimum Gasteiger partial charge on any atom is -0.465 e. The number of halogens is 1. The molecule has 7 rings (SSSR count). The highest BCUT2D eigenvalue weighted by Crippen LogP contribution is 2.65. The molecule has 1 aliphatic heterocycles. The van der Waals surface area contributed by atoms with Gasteiger partial charge in [-0.15, -0.1) is 0 Å². The maximum Gasteiger partial charge on any atom is 0.339 e. The van der Waals surface area contributed by atoms with E-state index in [0.29, 0.717) is 12.1 Å². The highest BCUT2D eigenvalue weighted by molar-refractivity contribution is 6.34. The molecule has 5 nitrogen and oxygen atoms in total. The van der Waals surface area contributed by atoms with Crippen LogP contribution < -0.4 is 4.90 Å². The second kappa shape index (κ2) is 7.28. The molecule has 0 N–H and O–H groups in total. The molecular weight excluding hydrogens is 450 g/mol. The SMILES string of the molecule is CCC12c3ccccc3C(c3ccccc31)[C@H]1C(=O)N(c3ccc(Cl)c(C(=O)OC)c3)C(=O)[C@@H]12. The predicted molar refractivity (Wildman–Crippen MR) is 128 cm³/mol. The molecule has 1 saturated heterocycles. The zero-order valence-corrected chi connectivity index (χ0v) is 19.5. The van der Waals surface area contributed by atoms with Crippen LogP contribution in [0.3, 0.4) is 0 Å². The van der Waals surface area contributed by atoms with E-state index in [2.05, 4.69) is 31.2 Å². The number of rotatable bonds is 3. The first-order chi connectivity index (χ1) is 16.5. The molecule has 0 unspecified atom stereocenters. The molecule has 3 aliphatic carbocycles. The third-order valence-corrected chi connectivity index (χ3v) is 8.29. The van der Waals surface area contributed by atoms with Crippen LogP contribution in [0, 0.1) is 11.8 Å². The summed E-state index contributed by atoms with van der Waals surface area (Å²) in [6, 6.07) is 21.0. The number of ether oxygens (including phenoxy) is 1. The van der Waals surface area contributed by atoms with Crippen LogP contribution in [0.2, 0.25) is 5.02 Å². The van der Waals surface area contributed by atoms with Crippen LogP contribution in [-0.2, 0) is 19.7 Å².